The van der Waals surface area contributed by atoms with Crippen LogP contribution >= 0.6 is 0 Å². The van der Waals surface area contributed by atoms with Gasteiger partial charge in [-0.25, -0.2) is 9.97 Å². The third-order valence-electron chi connectivity index (χ3n) is 4.29. The lowest BCUT2D eigenvalue weighted by molar-refractivity contribution is -0.0855. The van der Waals surface area contributed by atoms with E-state index in [0.29, 0.717) is 44.0 Å². The van der Waals surface area contributed by atoms with Crippen LogP contribution < -0.4 is 5.32 Å². The first-order valence-electron chi connectivity index (χ1n) is 8.62. The fraction of sp³-hybridized carbons (Fsp3) is 0.316. The molecule has 0 bridgehead atoms. The number of hydrogen-bond donors (Lipinski definition) is 1. The molecule has 3 aromatic rings. The minimum atomic E-state index is -0.189. The van der Waals surface area contributed by atoms with Gasteiger partial charge in [0.05, 0.1) is 44.4 Å². The Balaban J connectivity index is 1.45. The summed E-state index contributed by atoms with van der Waals surface area (Å²) in [6, 6.07) is 11.9. The third kappa shape index (κ3) is 3.74. The van der Waals surface area contributed by atoms with Crippen molar-refractivity contribution in [3.05, 3.63) is 60.0 Å². The molecule has 1 aliphatic rings. The van der Waals surface area contributed by atoms with Gasteiger partial charge in [0.25, 0.3) is 5.91 Å². The zero-order valence-electron chi connectivity index (χ0n) is 14.3. The maximum atomic E-state index is 12.3. The van der Waals surface area contributed by atoms with Crippen LogP contribution in [-0.4, -0.2) is 52.9 Å². The van der Waals surface area contributed by atoms with E-state index < -0.39 is 0 Å². The predicted molar refractivity (Wildman–Crippen MR) is 96.0 cm³/mol. The van der Waals surface area contributed by atoms with Gasteiger partial charge in [-0.1, -0.05) is 30.3 Å². The van der Waals surface area contributed by atoms with E-state index in [4.69, 9.17) is 9.47 Å². The summed E-state index contributed by atoms with van der Waals surface area (Å²) in [6.45, 7) is 2.78. The van der Waals surface area contributed by atoms with Crippen LogP contribution in [0.25, 0.3) is 11.2 Å². The molecule has 7 heteroatoms. The quantitative estimate of drug-likeness (QED) is 0.755. The van der Waals surface area contributed by atoms with Gasteiger partial charge in [0.15, 0.2) is 5.65 Å². The number of fused-ring (bicyclic) bond motifs is 1. The van der Waals surface area contributed by atoms with Crippen LogP contribution in [0.5, 0.6) is 0 Å². The SMILES string of the molecule is O=C(NCC1COCCO1)c1cnc2c(c1)ncn2Cc1ccccc1. The molecule has 7 nitrogen and oxygen atoms in total. The van der Waals surface area contributed by atoms with Crippen LogP contribution in [0.3, 0.4) is 0 Å². The molecule has 1 saturated heterocycles. The van der Waals surface area contributed by atoms with E-state index in [1.165, 1.54) is 5.56 Å². The van der Waals surface area contributed by atoms with Gasteiger partial charge in [-0.2, -0.15) is 0 Å². The number of aromatic nitrogens is 3. The first-order chi connectivity index (χ1) is 12.8. The fourth-order valence-corrected chi connectivity index (χ4v) is 2.93. The molecule has 1 amide bonds. The largest absolute Gasteiger partial charge is 0.376 e. The normalized spacial score (nSPS) is 17.3. The number of amides is 1. The monoisotopic (exact) mass is 352 g/mol. The summed E-state index contributed by atoms with van der Waals surface area (Å²) in [5.41, 5.74) is 3.12. The summed E-state index contributed by atoms with van der Waals surface area (Å²) >= 11 is 0. The van der Waals surface area contributed by atoms with Crippen molar-refractivity contribution in [2.45, 2.75) is 12.6 Å². The predicted octanol–water partition coefficient (Wildman–Crippen LogP) is 1.62. The summed E-state index contributed by atoms with van der Waals surface area (Å²) in [5, 5.41) is 2.86. The molecular formula is C19H20N4O3. The van der Waals surface area contributed by atoms with Crippen molar-refractivity contribution in [1.82, 2.24) is 19.9 Å². The average Bonchev–Trinajstić information content (AvgIpc) is 3.10. The Bertz CT molecular complexity index is 888. The van der Waals surface area contributed by atoms with Gasteiger partial charge in [0.2, 0.25) is 0 Å². The van der Waals surface area contributed by atoms with Crippen LogP contribution in [0.2, 0.25) is 0 Å². The van der Waals surface area contributed by atoms with Crippen LogP contribution in [0.4, 0.5) is 0 Å². The van der Waals surface area contributed by atoms with E-state index in [1.807, 2.05) is 22.8 Å². The number of carbonyl (C=O) groups is 1. The molecule has 3 heterocycles. The molecule has 1 N–H and O–H groups in total. The number of ether oxygens (including phenoxy) is 2. The molecule has 1 atom stereocenters. The van der Waals surface area contributed by atoms with E-state index >= 15 is 0 Å². The van der Waals surface area contributed by atoms with E-state index in [9.17, 15) is 4.79 Å². The van der Waals surface area contributed by atoms with Crippen molar-refractivity contribution >= 4 is 17.1 Å². The van der Waals surface area contributed by atoms with Crippen molar-refractivity contribution in [3.8, 4) is 0 Å². The topological polar surface area (TPSA) is 78.3 Å². The number of nitrogens with one attached hydrogen (secondary N) is 1. The Kier molecular flexibility index (Phi) is 4.90. The van der Waals surface area contributed by atoms with Crippen LogP contribution in [0.1, 0.15) is 15.9 Å². The van der Waals surface area contributed by atoms with E-state index in [0.717, 1.165) is 5.65 Å². The Hall–Kier alpha value is -2.77. The highest BCUT2D eigenvalue weighted by molar-refractivity contribution is 5.96. The van der Waals surface area contributed by atoms with Gasteiger partial charge in [-0.3, -0.25) is 4.79 Å². The van der Waals surface area contributed by atoms with Gasteiger partial charge in [-0.15, -0.1) is 0 Å². The van der Waals surface area contributed by atoms with Crippen LogP contribution in [-0.2, 0) is 16.0 Å². The molecule has 0 spiro atoms. The Morgan fingerprint density at radius 3 is 2.92 bits per heavy atom. The average molecular weight is 352 g/mol. The molecular weight excluding hydrogens is 332 g/mol. The second-order valence-corrected chi connectivity index (χ2v) is 6.20. The molecule has 1 fully saturated rings. The van der Waals surface area contributed by atoms with Crippen molar-refractivity contribution in [1.29, 1.82) is 0 Å². The summed E-state index contributed by atoms with van der Waals surface area (Å²) in [6.07, 6.45) is 3.23. The summed E-state index contributed by atoms with van der Waals surface area (Å²) < 4.78 is 12.8. The van der Waals surface area contributed by atoms with E-state index in [1.54, 1.807) is 18.6 Å². The molecule has 134 valence electrons. The first kappa shape index (κ1) is 16.7. The van der Waals surface area contributed by atoms with Gasteiger partial charge in [-0.05, 0) is 11.6 Å². The van der Waals surface area contributed by atoms with Crippen molar-refractivity contribution in [3.63, 3.8) is 0 Å². The van der Waals surface area contributed by atoms with Crippen LogP contribution in [0.15, 0.2) is 48.9 Å². The lowest BCUT2D eigenvalue weighted by Gasteiger charge is -2.23. The number of rotatable bonds is 5. The molecule has 0 radical (unpaired) electrons. The van der Waals surface area contributed by atoms with Crippen molar-refractivity contribution in [2.24, 2.45) is 0 Å². The van der Waals surface area contributed by atoms with Gasteiger partial charge in [0, 0.05) is 12.7 Å². The molecule has 1 aliphatic heterocycles. The highest BCUT2D eigenvalue weighted by atomic mass is 16.6. The zero-order chi connectivity index (χ0) is 17.8. The zero-order valence-corrected chi connectivity index (χ0v) is 14.3. The second-order valence-electron chi connectivity index (χ2n) is 6.20. The maximum absolute atomic E-state index is 12.3. The number of nitrogens with zero attached hydrogens (tertiary/aromatic N) is 3. The summed E-state index contributed by atoms with van der Waals surface area (Å²) in [4.78, 5) is 21.2. The molecule has 4 rings (SSSR count). The highest BCUT2D eigenvalue weighted by Gasteiger charge is 2.16. The number of pyridine rings is 1. The fourth-order valence-electron chi connectivity index (χ4n) is 2.93. The van der Waals surface area contributed by atoms with Gasteiger partial charge in [0.1, 0.15) is 5.52 Å². The van der Waals surface area contributed by atoms with E-state index in [-0.39, 0.29) is 12.0 Å². The first-order valence-corrected chi connectivity index (χ1v) is 8.62. The maximum Gasteiger partial charge on any atom is 0.253 e. The Morgan fingerprint density at radius 2 is 2.12 bits per heavy atom. The van der Waals surface area contributed by atoms with Crippen molar-refractivity contribution < 1.29 is 14.3 Å². The molecule has 0 aliphatic carbocycles. The lowest BCUT2D eigenvalue weighted by atomic mass is 10.2. The Morgan fingerprint density at radius 1 is 1.23 bits per heavy atom. The minimum Gasteiger partial charge on any atom is -0.376 e. The number of imidazole rings is 1. The van der Waals surface area contributed by atoms with Crippen LogP contribution in [0, 0.1) is 0 Å². The molecule has 0 saturated carbocycles. The second kappa shape index (κ2) is 7.63. The molecule has 1 unspecified atom stereocenters. The van der Waals surface area contributed by atoms with Crippen molar-refractivity contribution in [2.75, 3.05) is 26.4 Å². The minimum absolute atomic E-state index is 0.102. The third-order valence-corrected chi connectivity index (χ3v) is 4.29. The van der Waals surface area contributed by atoms with E-state index in [2.05, 4.69) is 27.4 Å². The molecule has 2 aromatic heterocycles. The van der Waals surface area contributed by atoms with Gasteiger partial charge < -0.3 is 19.4 Å². The smallest absolute Gasteiger partial charge is 0.253 e. The summed E-state index contributed by atoms with van der Waals surface area (Å²) in [5.74, 6) is -0.189. The highest BCUT2D eigenvalue weighted by Crippen LogP contribution is 2.14. The molecule has 26 heavy (non-hydrogen) atoms. The molecule has 1 aromatic carbocycles. The number of hydrogen-bond acceptors (Lipinski definition) is 5. The Labute approximate surface area is 151 Å². The number of benzene rings is 1. The summed E-state index contributed by atoms with van der Waals surface area (Å²) in [7, 11) is 0. The van der Waals surface area contributed by atoms with Gasteiger partial charge >= 0.3 is 0 Å². The standard InChI is InChI=1S/C19H20N4O3/c24-19(21-10-16-12-25-6-7-26-16)15-8-17-18(20-9-15)23(13-22-17)11-14-4-2-1-3-5-14/h1-5,8-9,13,16H,6-7,10-12H2,(H,21,24). The number of carbonyl (C=O) groups excluding carboxylic acids is 1. The lowest BCUT2D eigenvalue weighted by Crippen LogP contribution is -2.39.